The molecule has 0 atom stereocenters. The molecule has 5 nitrogen and oxygen atoms in total. The standard InChI is InChI=1S/C12H22N4OS/c1-4-11-16-10(9-18-11)8-15-12(13-3)14-6-7-17-5-2/h9H,4-8H2,1-3H3,(H2,13,14,15). The Morgan fingerprint density at radius 2 is 2.28 bits per heavy atom. The highest BCUT2D eigenvalue weighted by Gasteiger charge is 2.01. The number of nitrogens with one attached hydrogen (secondary N) is 2. The van der Waals surface area contributed by atoms with Gasteiger partial charge < -0.3 is 15.4 Å². The van der Waals surface area contributed by atoms with Crippen LogP contribution >= 0.6 is 11.3 Å². The van der Waals surface area contributed by atoms with Crippen molar-refractivity contribution < 1.29 is 4.74 Å². The molecule has 0 bridgehead atoms. The zero-order valence-electron chi connectivity index (χ0n) is 11.3. The highest BCUT2D eigenvalue weighted by atomic mass is 32.1. The quantitative estimate of drug-likeness (QED) is 0.447. The van der Waals surface area contributed by atoms with Gasteiger partial charge in [-0.05, 0) is 13.3 Å². The minimum absolute atomic E-state index is 0.688. The maximum atomic E-state index is 5.25. The van der Waals surface area contributed by atoms with Crippen molar-refractivity contribution in [2.24, 2.45) is 4.99 Å². The highest BCUT2D eigenvalue weighted by Crippen LogP contribution is 2.09. The van der Waals surface area contributed by atoms with Gasteiger partial charge in [0.05, 0.1) is 23.9 Å². The first-order chi connectivity index (χ1) is 8.80. The van der Waals surface area contributed by atoms with Crippen molar-refractivity contribution in [3.8, 4) is 0 Å². The van der Waals surface area contributed by atoms with Gasteiger partial charge >= 0.3 is 0 Å². The fourth-order valence-corrected chi connectivity index (χ4v) is 2.12. The van der Waals surface area contributed by atoms with Gasteiger partial charge in [0.15, 0.2) is 5.96 Å². The van der Waals surface area contributed by atoms with E-state index >= 15 is 0 Å². The van der Waals surface area contributed by atoms with Crippen LogP contribution in [0, 0.1) is 0 Å². The molecule has 0 saturated heterocycles. The number of aliphatic imine (C=N–C) groups is 1. The predicted octanol–water partition coefficient (Wildman–Crippen LogP) is 1.41. The van der Waals surface area contributed by atoms with Crippen LogP contribution < -0.4 is 10.6 Å². The molecule has 0 aliphatic heterocycles. The smallest absolute Gasteiger partial charge is 0.191 e. The van der Waals surface area contributed by atoms with Crippen molar-refractivity contribution in [3.63, 3.8) is 0 Å². The zero-order valence-corrected chi connectivity index (χ0v) is 12.1. The second-order valence-electron chi connectivity index (χ2n) is 3.64. The number of nitrogens with zero attached hydrogens (tertiary/aromatic N) is 2. The molecule has 0 unspecified atom stereocenters. The summed E-state index contributed by atoms with van der Waals surface area (Å²) in [5.74, 6) is 0.778. The van der Waals surface area contributed by atoms with Crippen LogP contribution in [0.3, 0.4) is 0 Å². The topological polar surface area (TPSA) is 58.5 Å². The van der Waals surface area contributed by atoms with Crippen molar-refractivity contribution in [1.29, 1.82) is 0 Å². The molecule has 6 heteroatoms. The van der Waals surface area contributed by atoms with Crippen LogP contribution in [0.1, 0.15) is 24.5 Å². The molecular weight excluding hydrogens is 248 g/mol. The maximum Gasteiger partial charge on any atom is 0.191 e. The molecule has 18 heavy (non-hydrogen) atoms. The highest BCUT2D eigenvalue weighted by molar-refractivity contribution is 7.09. The SMILES string of the molecule is CCOCCNC(=NC)NCc1csc(CC)n1. The monoisotopic (exact) mass is 270 g/mol. The van der Waals surface area contributed by atoms with Gasteiger partial charge in [0.1, 0.15) is 0 Å². The van der Waals surface area contributed by atoms with Crippen LogP contribution in [-0.2, 0) is 17.7 Å². The van der Waals surface area contributed by atoms with Gasteiger partial charge in [-0.3, -0.25) is 4.99 Å². The summed E-state index contributed by atoms with van der Waals surface area (Å²) in [7, 11) is 1.76. The lowest BCUT2D eigenvalue weighted by atomic mass is 10.4. The Morgan fingerprint density at radius 3 is 2.89 bits per heavy atom. The van der Waals surface area contributed by atoms with Gasteiger partial charge in [-0.1, -0.05) is 6.92 Å². The van der Waals surface area contributed by atoms with Gasteiger partial charge in [-0.2, -0.15) is 0 Å². The Kier molecular flexibility index (Phi) is 7.36. The van der Waals surface area contributed by atoms with Crippen LogP contribution in [0.2, 0.25) is 0 Å². The lowest BCUT2D eigenvalue weighted by Gasteiger charge is -2.10. The second-order valence-corrected chi connectivity index (χ2v) is 4.58. The molecule has 0 spiro atoms. The van der Waals surface area contributed by atoms with Crippen LogP contribution in [0.25, 0.3) is 0 Å². The van der Waals surface area contributed by atoms with Crippen molar-refractivity contribution in [3.05, 3.63) is 16.1 Å². The van der Waals surface area contributed by atoms with E-state index in [0.29, 0.717) is 13.2 Å². The summed E-state index contributed by atoms with van der Waals surface area (Å²) in [5.41, 5.74) is 1.06. The summed E-state index contributed by atoms with van der Waals surface area (Å²) in [6, 6.07) is 0. The van der Waals surface area contributed by atoms with Crippen LogP contribution in [0.15, 0.2) is 10.4 Å². The van der Waals surface area contributed by atoms with E-state index in [1.807, 2.05) is 6.92 Å². The average Bonchev–Trinajstić information content (AvgIpc) is 2.86. The normalized spacial score (nSPS) is 11.6. The summed E-state index contributed by atoms with van der Waals surface area (Å²) in [4.78, 5) is 8.64. The summed E-state index contributed by atoms with van der Waals surface area (Å²) < 4.78 is 5.25. The van der Waals surface area contributed by atoms with E-state index in [0.717, 1.165) is 31.2 Å². The fraction of sp³-hybridized carbons (Fsp3) is 0.667. The van der Waals surface area contributed by atoms with E-state index in [4.69, 9.17) is 4.74 Å². The van der Waals surface area contributed by atoms with Gasteiger partial charge in [0.25, 0.3) is 0 Å². The van der Waals surface area contributed by atoms with E-state index in [1.54, 1.807) is 18.4 Å². The third kappa shape index (κ3) is 5.46. The van der Waals surface area contributed by atoms with Crippen molar-refractivity contribution in [1.82, 2.24) is 15.6 Å². The van der Waals surface area contributed by atoms with Gasteiger partial charge in [0.2, 0.25) is 0 Å². The number of ether oxygens (including phenoxy) is 1. The molecule has 0 aliphatic carbocycles. The number of aromatic nitrogens is 1. The lowest BCUT2D eigenvalue weighted by Crippen LogP contribution is -2.38. The number of rotatable bonds is 7. The van der Waals surface area contributed by atoms with Crippen molar-refractivity contribution in [2.45, 2.75) is 26.8 Å². The summed E-state index contributed by atoms with van der Waals surface area (Å²) in [6.07, 6.45) is 0.992. The number of guanidine groups is 1. The molecule has 0 aliphatic rings. The molecule has 1 heterocycles. The fourth-order valence-electron chi connectivity index (χ4n) is 1.37. The first-order valence-electron chi connectivity index (χ1n) is 6.25. The van der Waals surface area contributed by atoms with E-state index in [9.17, 15) is 0 Å². The Bertz CT molecular complexity index is 365. The molecule has 0 saturated carbocycles. The summed E-state index contributed by atoms with van der Waals surface area (Å²) >= 11 is 1.70. The van der Waals surface area contributed by atoms with Crippen LogP contribution in [-0.4, -0.2) is 37.7 Å². The summed E-state index contributed by atoms with van der Waals surface area (Å²) in [6.45, 7) is 6.99. The first-order valence-corrected chi connectivity index (χ1v) is 7.13. The van der Waals surface area contributed by atoms with E-state index < -0.39 is 0 Å². The summed E-state index contributed by atoms with van der Waals surface area (Å²) in [5, 5.41) is 9.67. The minimum Gasteiger partial charge on any atom is -0.380 e. The average molecular weight is 270 g/mol. The zero-order chi connectivity index (χ0) is 13.2. The number of hydrogen-bond acceptors (Lipinski definition) is 4. The van der Waals surface area contributed by atoms with Gasteiger partial charge in [-0.15, -0.1) is 11.3 Å². The molecule has 102 valence electrons. The second kappa shape index (κ2) is 8.88. The minimum atomic E-state index is 0.688. The molecule has 0 amide bonds. The largest absolute Gasteiger partial charge is 0.380 e. The van der Waals surface area contributed by atoms with E-state index in [1.165, 1.54) is 5.01 Å². The molecule has 0 radical (unpaired) electrons. The predicted molar refractivity (Wildman–Crippen MR) is 76.2 cm³/mol. The Hall–Kier alpha value is -1.14. The number of aryl methyl sites for hydroxylation is 1. The van der Waals surface area contributed by atoms with Crippen molar-refractivity contribution in [2.75, 3.05) is 26.8 Å². The molecule has 0 fully saturated rings. The van der Waals surface area contributed by atoms with Crippen LogP contribution in [0.5, 0.6) is 0 Å². The van der Waals surface area contributed by atoms with Gasteiger partial charge in [-0.25, -0.2) is 4.98 Å². The van der Waals surface area contributed by atoms with Crippen LogP contribution in [0.4, 0.5) is 0 Å². The maximum absolute atomic E-state index is 5.25. The van der Waals surface area contributed by atoms with Gasteiger partial charge in [0, 0.05) is 25.6 Å². The third-order valence-electron chi connectivity index (χ3n) is 2.31. The Morgan fingerprint density at radius 1 is 1.44 bits per heavy atom. The molecule has 1 aromatic heterocycles. The lowest BCUT2D eigenvalue weighted by molar-refractivity contribution is 0.152. The number of hydrogen-bond donors (Lipinski definition) is 2. The first kappa shape index (κ1) is 14.9. The molecular formula is C12H22N4OS. The Labute approximate surface area is 113 Å². The molecule has 0 aromatic carbocycles. The molecule has 1 aromatic rings. The molecule has 2 N–H and O–H groups in total. The number of thiazole rings is 1. The Balaban J connectivity index is 2.26. The van der Waals surface area contributed by atoms with Crippen molar-refractivity contribution >= 4 is 17.3 Å². The molecule has 1 rings (SSSR count). The van der Waals surface area contributed by atoms with E-state index in [-0.39, 0.29) is 0 Å². The third-order valence-corrected chi connectivity index (χ3v) is 3.35. The van der Waals surface area contributed by atoms with E-state index in [2.05, 4.69) is 32.9 Å².